The first-order chi connectivity index (χ1) is 13.0. The summed E-state index contributed by atoms with van der Waals surface area (Å²) in [5.41, 5.74) is 4.61. The number of hydrogen-bond acceptors (Lipinski definition) is 5. The number of para-hydroxylation sites is 1. The highest BCUT2D eigenvalue weighted by Gasteiger charge is 2.08. The standard InChI is InChI=1S/C20H17N3O4/c1-13-11-14(19(24)25)7-9-17(13)18-10-8-16(27-18)12-21-23-20(26)22-15-5-3-2-4-6-15/h2-12H,1H3,(H,24,25)(H2,22,23,26)/p-1/b21-12+. The number of hydrazone groups is 1. The summed E-state index contributed by atoms with van der Waals surface area (Å²) in [5, 5.41) is 17.4. The Bertz CT molecular complexity index is 993. The Labute approximate surface area is 155 Å². The minimum absolute atomic E-state index is 0.109. The van der Waals surface area contributed by atoms with Crippen molar-refractivity contribution in [3.05, 3.63) is 77.6 Å². The average Bonchev–Trinajstić information content (AvgIpc) is 3.11. The van der Waals surface area contributed by atoms with Crippen LogP contribution in [-0.2, 0) is 0 Å². The lowest BCUT2D eigenvalue weighted by atomic mass is 10.0. The van der Waals surface area contributed by atoms with Crippen LogP contribution in [0.25, 0.3) is 11.3 Å². The van der Waals surface area contributed by atoms with Gasteiger partial charge in [-0.25, -0.2) is 10.2 Å². The van der Waals surface area contributed by atoms with Crippen LogP contribution in [0.4, 0.5) is 10.5 Å². The second-order valence-electron chi connectivity index (χ2n) is 5.71. The van der Waals surface area contributed by atoms with Crippen LogP contribution in [0.3, 0.4) is 0 Å². The molecule has 2 amide bonds. The van der Waals surface area contributed by atoms with E-state index in [9.17, 15) is 14.7 Å². The van der Waals surface area contributed by atoms with Crippen molar-refractivity contribution in [2.24, 2.45) is 5.10 Å². The Balaban J connectivity index is 1.63. The van der Waals surface area contributed by atoms with Crippen LogP contribution >= 0.6 is 0 Å². The van der Waals surface area contributed by atoms with E-state index in [0.29, 0.717) is 17.2 Å². The van der Waals surface area contributed by atoms with Crippen molar-refractivity contribution in [1.82, 2.24) is 5.43 Å². The zero-order valence-electron chi connectivity index (χ0n) is 14.4. The van der Waals surface area contributed by atoms with Gasteiger partial charge < -0.3 is 19.6 Å². The van der Waals surface area contributed by atoms with Gasteiger partial charge in [0.25, 0.3) is 0 Å². The fraction of sp³-hybridized carbons (Fsp3) is 0.0500. The molecule has 3 aromatic rings. The summed E-state index contributed by atoms with van der Waals surface area (Å²) >= 11 is 0. The molecule has 0 spiro atoms. The summed E-state index contributed by atoms with van der Waals surface area (Å²) in [6.07, 6.45) is 1.37. The number of amides is 2. The molecular weight excluding hydrogens is 346 g/mol. The Morgan fingerprint density at radius 3 is 2.56 bits per heavy atom. The molecule has 0 aliphatic rings. The number of carboxylic acid groups (broad SMARTS) is 1. The van der Waals surface area contributed by atoms with Crippen molar-refractivity contribution in [2.75, 3.05) is 5.32 Å². The van der Waals surface area contributed by atoms with Crippen LogP contribution in [0.15, 0.2) is 70.2 Å². The molecule has 0 saturated heterocycles. The van der Waals surface area contributed by atoms with Gasteiger partial charge >= 0.3 is 6.03 Å². The first-order valence-corrected chi connectivity index (χ1v) is 8.10. The van der Waals surface area contributed by atoms with Crippen molar-refractivity contribution >= 4 is 23.9 Å². The van der Waals surface area contributed by atoms with Crippen molar-refractivity contribution in [2.45, 2.75) is 6.92 Å². The highest BCUT2D eigenvalue weighted by molar-refractivity contribution is 5.90. The average molecular weight is 362 g/mol. The maximum Gasteiger partial charge on any atom is 0.339 e. The van der Waals surface area contributed by atoms with Gasteiger partial charge in [0.1, 0.15) is 11.5 Å². The number of aryl methyl sites for hydroxylation is 1. The predicted octanol–water partition coefficient (Wildman–Crippen LogP) is 2.77. The number of nitrogens with one attached hydrogen (secondary N) is 2. The van der Waals surface area contributed by atoms with Crippen LogP contribution in [0.2, 0.25) is 0 Å². The topological polar surface area (TPSA) is 107 Å². The monoisotopic (exact) mass is 362 g/mol. The number of furan rings is 1. The summed E-state index contributed by atoms with van der Waals surface area (Å²) in [4.78, 5) is 22.6. The summed E-state index contributed by atoms with van der Waals surface area (Å²) in [7, 11) is 0. The molecule has 1 heterocycles. The maximum absolute atomic E-state index is 11.7. The Kier molecular flexibility index (Phi) is 5.32. The van der Waals surface area contributed by atoms with E-state index in [1.807, 2.05) is 18.2 Å². The third kappa shape index (κ3) is 4.60. The summed E-state index contributed by atoms with van der Waals surface area (Å²) in [6.45, 7) is 1.79. The lowest BCUT2D eigenvalue weighted by Crippen LogP contribution is -2.24. The molecule has 27 heavy (non-hydrogen) atoms. The van der Waals surface area contributed by atoms with E-state index < -0.39 is 12.0 Å². The zero-order valence-corrected chi connectivity index (χ0v) is 14.4. The highest BCUT2D eigenvalue weighted by atomic mass is 16.4. The molecule has 7 heteroatoms. The highest BCUT2D eigenvalue weighted by Crippen LogP contribution is 2.25. The van der Waals surface area contributed by atoms with E-state index in [-0.39, 0.29) is 5.56 Å². The molecule has 0 aliphatic heterocycles. The molecule has 0 radical (unpaired) electrons. The van der Waals surface area contributed by atoms with Gasteiger partial charge in [0, 0.05) is 11.3 Å². The Hall–Kier alpha value is -3.87. The Morgan fingerprint density at radius 2 is 1.85 bits per heavy atom. The van der Waals surface area contributed by atoms with E-state index >= 15 is 0 Å². The quantitative estimate of drug-likeness (QED) is 0.537. The van der Waals surface area contributed by atoms with Gasteiger partial charge in [-0.05, 0) is 48.4 Å². The normalized spacial score (nSPS) is 10.7. The number of rotatable bonds is 5. The number of nitrogens with zero attached hydrogens (tertiary/aromatic N) is 1. The van der Waals surface area contributed by atoms with Crippen molar-refractivity contribution in [1.29, 1.82) is 0 Å². The third-order valence-corrected chi connectivity index (χ3v) is 3.74. The molecule has 1 aromatic heterocycles. The molecule has 3 rings (SSSR count). The molecule has 0 aliphatic carbocycles. The molecular formula is C20H16N3O4-. The predicted molar refractivity (Wildman–Crippen MR) is 99.4 cm³/mol. The molecule has 7 nitrogen and oxygen atoms in total. The fourth-order valence-corrected chi connectivity index (χ4v) is 2.47. The number of urea groups is 1. The summed E-state index contributed by atoms with van der Waals surface area (Å²) in [6, 6.07) is 16.6. The van der Waals surface area contributed by atoms with Gasteiger partial charge in [-0.3, -0.25) is 0 Å². The van der Waals surface area contributed by atoms with E-state index in [1.165, 1.54) is 18.3 Å². The van der Waals surface area contributed by atoms with Gasteiger partial charge in [-0.1, -0.05) is 30.3 Å². The van der Waals surface area contributed by atoms with Crippen molar-refractivity contribution in [3.8, 4) is 11.3 Å². The SMILES string of the molecule is Cc1cc(C(=O)[O-])ccc1-c1ccc(/C=N/NC(=O)Nc2ccccc2)o1. The molecule has 2 N–H and O–H groups in total. The van der Waals surface area contributed by atoms with Gasteiger partial charge in [0.15, 0.2) is 0 Å². The molecule has 0 bridgehead atoms. The smallest absolute Gasteiger partial charge is 0.339 e. The zero-order chi connectivity index (χ0) is 19.2. The van der Waals surface area contributed by atoms with Gasteiger partial charge in [0.05, 0.1) is 12.2 Å². The van der Waals surface area contributed by atoms with E-state index in [0.717, 1.165) is 11.1 Å². The minimum atomic E-state index is -1.23. The molecule has 0 atom stereocenters. The summed E-state index contributed by atoms with van der Waals surface area (Å²) in [5.74, 6) is -0.224. The number of benzene rings is 2. The van der Waals surface area contributed by atoms with Crippen LogP contribution in [0.5, 0.6) is 0 Å². The van der Waals surface area contributed by atoms with E-state index in [1.54, 1.807) is 37.3 Å². The van der Waals surface area contributed by atoms with Crippen molar-refractivity contribution in [3.63, 3.8) is 0 Å². The number of carbonyl (C=O) groups excluding carboxylic acids is 2. The minimum Gasteiger partial charge on any atom is -0.545 e. The second kappa shape index (κ2) is 8.01. The van der Waals surface area contributed by atoms with Crippen LogP contribution in [0, 0.1) is 6.92 Å². The maximum atomic E-state index is 11.7. The first-order valence-electron chi connectivity index (χ1n) is 8.10. The Morgan fingerprint density at radius 1 is 1.07 bits per heavy atom. The first kappa shape index (κ1) is 17.9. The fourth-order valence-electron chi connectivity index (χ4n) is 2.47. The molecule has 136 valence electrons. The largest absolute Gasteiger partial charge is 0.545 e. The third-order valence-electron chi connectivity index (χ3n) is 3.74. The lowest BCUT2D eigenvalue weighted by Gasteiger charge is -2.07. The number of carbonyl (C=O) groups is 2. The van der Waals surface area contributed by atoms with Gasteiger partial charge in [0.2, 0.25) is 0 Å². The lowest BCUT2D eigenvalue weighted by molar-refractivity contribution is -0.255. The molecule has 2 aromatic carbocycles. The second-order valence-corrected chi connectivity index (χ2v) is 5.71. The van der Waals surface area contributed by atoms with E-state index in [2.05, 4.69) is 15.8 Å². The van der Waals surface area contributed by atoms with Crippen LogP contribution in [0.1, 0.15) is 21.7 Å². The van der Waals surface area contributed by atoms with Crippen molar-refractivity contribution < 1.29 is 19.1 Å². The number of hydrogen-bond donors (Lipinski definition) is 2. The summed E-state index contributed by atoms with van der Waals surface area (Å²) < 4.78 is 5.67. The number of carboxylic acids is 1. The van der Waals surface area contributed by atoms with E-state index in [4.69, 9.17) is 4.42 Å². The van der Waals surface area contributed by atoms with Gasteiger partial charge in [-0.2, -0.15) is 5.10 Å². The van der Waals surface area contributed by atoms with Gasteiger partial charge in [-0.15, -0.1) is 0 Å². The van der Waals surface area contributed by atoms with Crippen LogP contribution < -0.4 is 15.8 Å². The number of aromatic carboxylic acids is 1. The van der Waals surface area contributed by atoms with Crippen LogP contribution in [-0.4, -0.2) is 18.2 Å². The molecule has 0 unspecified atom stereocenters. The molecule has 0 saturated carbocycles. The molecule has 0 fully saturated rings. The number of anilines is 1.